The van der Waals surface area contributed by atoms with Gasteiger partial charge in [0.25, 0.3) is 0 Å². The fourth-order valence-corrected chi connectivity index (χ4v) is 12.7. The molecule has 4 aliphatic carbocycles. The lowest BCUT2D eigenvalue weighted by molar-refractivity contribution is -0.123. The number of aromatic nitrogens is 4. The minimum Gasteiger partial charge on any atom is -0.383 e. The molecule has 12 nitrogen and oxygen atoms in total. The Balaban J connectivity index is 0.000000142. The van der Waals surface area contributed by atoms with Crippen molar-refractivity contribution < 1.29 is 28.4 Å². The highest BCUT2D eigenvalue weighted by Gasteiger charge is 2.39. The number of aryl methyl sites for hydroxylation is 4. The van der Waals surface area contributed by atoms with Crippen LogP contribution in [0.2, 0.25) is 0 Å². The van der Waals surface area contributed by atoms with Crippen molar-refractivity contribution in [3.63, 3.8) is 0 Å². The molecule has 0 aliphatic heterocycles. The van der Waals surface area contributed by atoms with E-state index in [2.05, 4.69) is 105 Å². The Bertz CT molecular complexity index is 3350. The number of rotatable bonds is 11. The number of Topliss-reactive ketones (excluding diaryl/α,β-unsaturated/α-hetero) is 1. The first-order chi connectivity index (χ1) is 35.4. The SMILES string of the molecule is Cc1cccc(C)c1-c1noc(C2CC2)c1COC1CCC(=O)CC1.[C-]#[N+]c1ccc2nc(Br)sc2c1.[C-]#[N+]c1ccc2nc(C3(O)CCC(OCc4c(-c5c(C)cccc5C)noc4C4CC4)CC3)sc2c1. The number of carbonyl (C=O) groups excluding carboxylic acids is 1. The van der Waals surface area contributed by atoms with E-state index in [1.54, 1.807) is 23.5 Å². The monoisotopic (exact) mass is 1080 g/mol. The van der Waals surface area contributed by atoms with Gasteiger partial charge in [-0.3, -0.25) is 4.79 Å². The van der Waals surface area contributed by atoms with Crippen molar-refractivity contribution in [3.05, 3.63) is 149 Å². The highest BCUT2D eigenvalue weighted by molar-refractivity contribution is 9.11. The van der Waals surface area contributed by atoms with E-state index in [1.807, 2.05) is 24.3 Å². The van der Waals surface area contributed by atoms with Crippen LogP contribution in [0.3, 0.4) is 0 Å². The Labute approximate surface area is 441 Å². The van der Waals surface area contributed by atoms with Crippen LogP contribution in [-0.2, 0) is 33.1 Å². The van der Waals surface area contributed by atoms with Crippen LogP contribution in [0.5, 0.6) is 0 Å². The van der Waals surface area contributed by atoms with Crippen LogP contribution < -0.4 is 0 Å². The van der Waals surface area contributed by atoms with Crippen LogP contribution >= 0.6 is 38.6 Å². The van der Waals surface area contributed by atoms with Gasteiger partial charge in [0, 0.05) is 56.3 Å². The third-order valence-electron chi connectivity index (χ3n) is 14.5. The molecule has 1 N–H and O–H groups in total. The van der Waals surface area contributed by atoms with Gasteiger partial charge in [0.2, 0.25) is 0 Å². The van der Waals surface area contributed by atoms with Gasteiger partial charge < -0.3 is 23.6 Å². The number of thiazole rings is 2. The first-order valence-electron chi connectivity index (χ1n) is 25.2. The Morgan fingerprint density at radius 1 is 0.658 bits per heavy atom. The Morgan fingerprint density at radius 3 is 1.58 bits per heavy atom. The van der Waals surface area contributed by atoms with E-state index in [1.165, 1.54) is 46.4 Å². The van der Waals surface area contributed by atoms with E-state index in [0.717, 1.165) is 113 Å². The molecule has 73 heavy (non-hydrogen) atoms. The van der Waals surface area contributed by atoms with Gasteiger partial charge in [-0.15, -0.1) is 22.7 Å². The summed E-state index contributed by atoms with van der Waals surface area (Å²) in [7, 11) is 0. The second-order valence-corrected chi connectivity index (χ2v) is 23.3. The molecule has 0 unspecified atom stereocenters. The Kier molecular flexibility index (Phi) is 15.2. The number of hydrogen-bond acceptors (Lipinski definition) is 12. The van der Waals surface area contributed by atoms with Crippen LogP contribution in [0, 0.1) is 40.8 Å². The average Bonchev–Trinajstić information content (AvgIpc) is 4.25. The van der Waals surface area contributed by atoms with Crippen molar-refractivity contribution in [2.24, 2.45) is 0 Å². The summed E-state index contributed by atoms with van der Waals surface area (Å²) >= 11 is 6.34. The molecule has 0 radical (unpaired) electrons. The molecule has 4 aromatic heterocycles. The highest BCUT2D eigenvalue weighted by Crippen LogP contribution is 2.47. The maximum Gasteiger partial charge on any atom is 0.188 e. The second kappa shape index (κ2) is 21.9. The molecular weight excluding hydrogens is 1020 g/mol. The Hall–Kier alpha value is -5.91. The number of nitrogens with zero attached hydrogens (tertiary/aromatic N) is 6. The smallest absolute Gasteiger partial charge is 0.188 e. The first kappa shape index (κ1) is 50.6. The molecule has 4 aromatic carbocycles. The molecule has 0 spiro atoms. The number of hydrogen-bond donors (Lipinski definition) is 1. The van der Waals surface area contributed by atoms with Crippen LogP contribution in [0.4, 0.5) is 11.4 Å². The standard InChI is InChI=1S/C29H29N3O3S.C21H25NO3.C8H3BrN2S/c1-17-5-4-6-18(2)25(17)26-22(27(35-32-26)19-7-8-19)16-34-21-11-13-29(33,14-12-21)28-31-23-10-9-20(30-3)15-24(23)36-28;1-13-4-3-5-14(2)19(13)20-18(21(25-22-20)15-6-7-15)12-24-17-10-8-16(23)9-11-17;1-10-5-2-3-6-7(4-5)12-8(9)11-6/h4-6,9-10,15,19,21,33H,7-8,11-14,16H2,1-2H3;3-5,15,17H,6-12H2,1-2H3;2-4H. The highest BCUT2D eigenvalue weighted by atomic mass is 79.9. The average molecular weight is 1080 g/mol. The number of aliphatic hydroxyl groups is 1. The molecular formula is C58H57BrN6O6S2. The number of carbonyl (C=O) groups is 1. The summed E-state index contributed by atoms with van der Waals surface area (Å²) in [5, 5.41) is 21.1. The molecule has 4 saturated carbocycles. The molecule has 374 valence electrons. The molecule has 8 aromatic rings. The van der Waals surface area contributed by atoms with Gasteiger partial charge in [0.1, 0.15) is 39.3 Å². The van der Waals surface area contributed by atoms with Gasteiger partial charge in [-0.25, -0.2) is 19.7 Å². The number of benzene rings is 4. The summed E-state index contributed by atoms with van der Waals surface area (Å²) in [5.74, 6) is 3.29. The lowest BCUT2D eigenvalue weighted by Gasteiger charge is -2.34. The summed E-state index contributed by atoms with van der Waals surface area (Å²) in [6.07, 6.45) is 10.6. The quantitative estimate of drug-likeness (QED) is 0.124. The van der Waals surface area contributed by atoms with Gasteiger partial charge in [0.15, 0.2) is 15.3 Å². The minimum absolute atomic E-state index is 0.0705. The number of halogens is 1. The summed E-state index contributed by atoms with van der Waals surface area (Å²) in [5.41, 5.74) is 13.2. The topological polar surface area (TPSA) is 142 Å². The molecule has 4 heterocycles. The van der Waals surface area contributed by atoms with Crippen molar-refractivity contribution in [3.8, 4) is 22.5 Å². The third-order valence-corrected chi connectivity index (χ3v) is 17.2. The minimum atomic E-state index is -0.943. The van der Waals surface area contributed by atoms with Gasteiger partial charge >= 0.3 is 0 Å². The molecule has 12 rings (SSSR count). The van der Waals surface area contributed by atoms with Crippen LogP contribution in [-0.4, -0.2) is 43.4 Å². The predicted molar refractivity (Wildman–Crippen MR) is 289 cm³/mol. The lowest BCUT2D eigenvalue weighted by Crippen LogP contribution is -2.34. The molecule has 0 saturated heterocycles. The zero-order valence-electron chi connectivity index (χ0n) is 41.5. The van der Waals surface area contributed by atoms with Crippen molar-refractivity contribution in [2.45, 2.75) is 148 Å². The van der Waals surface area contributed by atoms with Crippen LogP contribution in [0.1, 0.15) is 139 Å². The van der Waals surface area contributed by atoms with Gasteiger partial charge in [-0.05, 0) is 154 Å². The maximum atomic E-state index is 11.4. The summed E-state index contributed by atoms with van der Waals surface area (Å²) in [4.78, 5) is 27.2. The molecule has 0 amide bonds. The van der Waals surface area contributed by atoms with E-state index >= 15 is 0 Å². The van der Waals surface area contributed by atoms with Crippen LogP contribution in [0.25, 0.3) is 52.6 Å². The Morgan fingerprint density at radius 2 is 1.11 bits per heavy atom. The van der Waals surface area contributed by atoms with E-state index in [0.29, 0.717) is 67.9 Å². The largest absolute Gasteiger partial charge is 0.383 e. The summed E-state index contributed by atoms with van der Waals surface area (Å²) in [6.45, 7) is 23.5. The first-order valence-corrected chi connectivity index (χ1v) is 27.6. The number of ketones is 1. The second-order valence-electron chi connectivity index (χ2n) is 19.9. The van der Waals surface area contributed by atoms with Crippen molar-refractivity contribution in [2.75, 3.05) is 0 Å². The predicted octanol–water partition coefficient (Wildman–Crippen LogP) is 15.8. The molecule has 4 fully saturated rings. The summed E-state index contributed by atoms with van der Waals surface area (Å²) in [6, 6.07) is 23.6. The molecule has 0 bridgehead atoms. The zero-order valence-corrected chi connectivity index (χ0v) is 44.7. The number of fused-ring (bicyclic) bond motifs is 2. The normalized spacial score (nSPS) is 19.0. The van der Waals surface area contributed by atoms with E-state index in [9.17, 15) is 9.90 Å². The third kappa shape index (κ3) is 11.4. The van der Waals surface area contributed by atoms with E-state index in [4.69, 9.17) is 36.6 Å². The zero-order chi connectivity index (χ0) is 50.8. The van der Waals surface area contributed by atoms with Crippen molar-refractivity contribution in [1.82, 2.24) is 20.3 Å². The fourth-order valence-electron chi connectivity index (χ4n) is 10.1. The molecule has 0 atom stereocenters. The van der Waals surface area contributed by atoms with E-state index in [-0.39, 0.29) is 12.2 Å². The number of ether oxygens (including phenoxy) is 2. The lowest BCUT2D eigenvalue weighted by atomic mass is 9.83. The van der Waals surface area contributed by atoms with Gasteiger partial charge in [-0.1, -0.05) is 58.8 Å². The van der Waals surface area contributed by atoms with E-state index < -0.39 is 5.60 Å². The van der Waals surface area contributed by atoms with Crippen molar-refractivity contribution >= 4 is 76.2 Å². The van der Waals surface area contributed by atoms with Gasteiger partial charge in [0.05, 0.1) is 49.6 Å². The van der Waals surface area contributed by atoms with Crippen molar-refractivity contribution in [1.29, 1.82) is 0 Å². The molecule has 15 heteroatoms. The van der Waals surface area contributed by atoms with Gasteiger partial charge in [-0.2, -0.15) is 0 Å². The molecule has 4 aliphatic rings. The fraction of sp³-hybridized carbons (Fsp3) is 0.397. The van der Waals surface area contributed by atoms with Crippen LogP contribution in [0.15, 0.2) is 85.8 Å². The maximum absolute atomic E-state index is 11.4. The summed E-state index contributed by atoms with van der Waals surface area (Å²) < 4.78 is 27.1.